The Morgan fingerprint density at radius 3 is 1.73 bits per heavy atom. The van der Waals surface area contributed by atoms with Crippen molar-refractivity contribution in [2.75, 3.05) is 7.11 Å². The molecule has 0 heterocycles. The number of ether oxygens (including phenoxy) is 1. The molecule has 1 atom stereocenters. The maximum atomic E-state index is 14.2. The SMILES string of the molecule is COC(c1ccc2c(c1)C(C)(C)c1ccccc1-2)c1ccccc1C(=O)c1ccc2c(c1)C(C)(C)c1ccccc1-2. The second-order valence-corrected chi connectivity index (χ2v) is 12.4. The molecule has 2 aliphatic rings. The van der Waals surface area contributed by atoms with Crippen molar-refractivity contribution in [2.24, 2.45) is 0 Å². The molecule has 5 aromatic rings. The standard InChI is InChI=1S/C39H34O2/c1-38(2)32-16-10-8-12-26(32)28-20-18-24(22-34(28)38)36(40)30-14-6-7-15-31(30)37(41-5)25-19-21-29-27-13-9-11-17-33(27)39(3,4)35(29)23-25/h6-23,37H,1-5H3. The molecule has 0 radical (unpaired) electrons. The topological polar surface area (TPSA) is 26.3 Å². The fraction of sp³-hybridized carbons (Fsp3) is 0.205. The lowest BCUT2D eigenvalue weighted by Crippen LogP contribution is -2.17. The van der Waals surface area contributed by atoms with Crippen LogP contribution in [0.25, 0.3) is 22.3 Å². The summed E-state index contributed by atoms with van der Waals surface area (Å²) in [6.45, 7) is 9.06. The Morgan fingerprint density at radius 2 is 1.10 bits per heavy atom. The van der Waals surface area contributed by atoms with Gasteiger partial charge in [-0.05, 0) is 61.7 Å². The number of rotatable bonds is 5. The number of hydrogen-bond donors (Lipinski definition) is 0. The molecule has 0 fully saturated rings. The summed E-state index contributed by atoms with van der Waals surface area (Å²) in [5.74, 6) is 0.0195. The van der Waals surface area contributed by atoms with Gasteiger partial charge in [-0.2, -0.15) is 0 Å². The molecule has 0 saturated heterocycles. The van der Waals surface area contributed by atoms with Gasteiger partial charge in [0.2, 0.25) is 0 Å². The molecular formula is C39H34O2. The summed E-state index contributed by atoms with van der Waals surface area (Å²) in [5.41, 5.74) is 13.2. The zero-order valence-corrected chi connectivity index (χ0v) is 24.3. The highest BCUT2D eigenvalue weighted by atomic mass is 16.5. The van der Waals surface area contributed by atoms with Gasteiger partial charge in [-0.3, -0.25) is 4.79 Å². The van der Waals surface area contributed by atoms with E-state index in [4.69, 9.17) is 4.74 Å². The molecule has 0 aliphatic heterocycles. The second-order valence-electron chi connectivity index (χ2n) is 12.4. The van der Waals surface area contributed by atoms with Gasteiger partial charge in [-0.1, -0.05) is 131 Å². The van der Waals surface area contributed by atoms with Crippen LogP contribution in [0.1, 0.15) is 83.1 Å². The maximum absolute atomic E-state index is 14.2. The third kappa shape index (κ3) is 3.71. The first-order chi connectivity index (χ1) is 19.7. The van der Waals surface area contributed by atoms with Crippen LogP contribution in [0.3, 0.4) is 0 Å². The molecule has 0 N–H and O–H groups in total. The van der Waals surface area contributed by atoms with Crippen LogP contribution < -0.4 is 0 Å². The number of benzene rings is 5. The van der Waals surface area contributed by atoms with Crippen molar-refractivity contribution in [3.63, 3.8) is 0 Å². The quantitative estimate of drug-likeness (QED) is 0.210. The van der Waals surface area contributed by atoms with Crippen LogP contribution in [0.4, 0.5) is 0 Å². The zero-order valence-electron chi connectivity index (χ0n) is 24.3. The highest BCUT2D eigenvalue weighted by molar-refractivity contribution is 6.10. The summed E-state index contributed by atoms with van der Waals surface area (Å²) >= 11 is 0. The summed E-state index contributed by atoms with van der Waals surface area (Å²) in [4.78, 5) is 14.2. The van der Waals surface area contributed by atoms with Gasteiger partial charge in [-0.25, -0.2) is 0 Å². The molecule has 2 heteroatoms. The summed E-state index contributed by atoms with van der Waals surface area (Å²) < 4.78 is 6.15. The number of carbonyl (C=O) groups excluding carboxylic acids is 1. The normalized spacial score (nSPS) is 15.9. The third-order valence-corrected chi connectivity index (χ3v) is 9.48. The lowest BCUT2D eigenvalue weighted by molar-refractivity contribution is 0.102. The van der Waals surface area contributed by atoms with Crippen LogP contribution in [-0.4, -0.2) is 12.9 Å². The van der Waals surface area contributed by atoms with Crippen molar-refractivity contribution in [1.82, 2.24) is 0 Å². The summed E-state index contributed by atoms with van der Waals surface area (Å²) in [7, 11) is 1.73. The molecule has 1 unspecified atom stereocenters. The van der Waals surface area contributed by atoms with Gasteiger partial charge in [0.05, 0.1) is 0 Å². The van der Waals surface area contributed by atoms with Gasteiger partial charge in [0.1, 0.15) is 6.10 Å². The van der Waals surface area contributed by atoms with Crippen molar-refractivity contribution < 1.29 is 9.53 Å². The summed E-state index contributed by atoms with van der Waals surface area (Å²) in [6, 6.07) is 38.0. The van der Waals surface area contributed by atoms with Crippen molar-refractivity contribution in [1.29, 1.82) is 0 Å². The molecular weight excluding hydrogens is 500 g/mol. The number of carbonyl (C=O) groups is 1. The number of methoxy groups -OCH3 is 1. The van der Waals surface area contributed by atoms with Crippen LogP contribution in [0.5, 0.6) is 0 Å². The Hall–Kier alpha value is -4.27. The van der Waals surface area contributed by atoms with E-state index in [-0.39, 0.29) is 22.7 Å². The van der Waals surface area contributed by atoms with Gasteiger partial charge in [0, 0.05) is 29.1 Å². The first-order valence-electron chi connectivity index (χ1n) is 14.4. The van der Waals surface area contributed by atoms with Crippen molar-refractivity contribution in [2.45, 2.75) is 44.6 Å². The molecule has 2 nitrogen and oxygen atoms in total. The Morgan fingerprint density at radius 1 is 0.585 bits per heavy atom. The first-order valence-corrected chi connectivity index (χ1v) is 14.4. The van der Waals surface area contributed by atoms with Gasteiger partial charge < -0.3 is 4.74 Å². The molecule has 202 valence electrons. The molecule has 0 saturated carbocycles. The molecule has 0 aromatic heterocycles. The average molecular weight is 535 g/mol. The van der Waals surface area contributed by atoms with E-state index in [1.54, 1.807) is 7.11 Å². The Bertz CT molecular complexity index is 1860. The zero-order chi connectivity index (χ0) is 28.5. The van der Waals surface area contributed by atoms with Gasteiger partial charge in [0.15, 0.2) is 5.78 Å². The van der Waals surface area contributed by atoms with Crippen molar-refractivity contribution in [3.05, 3.63) is 154 Å². The largest absolute Gasteiger partial charge is 0.372 e. The lowest BCUT2D eigenvalue weighted by Gasteiger charge is -2.24. The van der Waals surface area contributed by atoms with E-state index in [1.165, 1.54) is 44.5 Å². The third-order valence-electron chi connectivity index (χ3n) is 9.48. The van der Waals surface area contributed by atoms with Crippen LogP contribution in [0.2, 0.25) is 0 Å². The fourth-order valence-corrected chi connectivity index (χ4v) is 7.26. The van der Waals surface area contributed by atoms with Gasteiger partial charge in [0.25, 0.3) is 0 Å². The van der Waals surface area contributed by atoms with E-state index in [1.807, 2.05) is 30.3 Å². The van der Waals surface area contributed by atoms with E-state index < -0.39 is 0 Å². The Kier molecular flexibility index (Phi) is 5.71. The molecule has 0 bridgehead atoms. The summed E-state index contributed by atoms with van der Waals surface area (Å²) in [5, 5.41) is 0. The predicted octanol–water partition coefficient (Wildman–Crippen LogP) is 9.27. The Balaban J connectivity index is 1.29. The second kappa shape index (κ2) is 9.12. The van der Waals surface area contributed by atoms with Crippen LogP contribution >= 0.6 is 0 Å². The van der Waals surface area contributed by atoms with Crippen molar-refractivity contribution in [3.8, 4) is 22.3 Å². The maximum Gasteiger partial charge on any atom is 0.193 e. The van der Waals surface area contributed by atoms with Gasteiger partial charge >= 0.3 is 0 Å². The smallest absolute Gasteiger partial charge is 0.193 e. The fourth-order valence-electron chi connectivity index (χ4n) is 7.26. The summed E-state index contributed by atoms with van der Waals surface area (Å²) in [6.07, 6.45) is -0.366. The van der Waals surface area contributed by atoms with E-state index in [0.29, 0.717) is 11.1 Å². The van der Waals surface area contributed by atoms with Crippen LogP contribution in [0.15, 0.2) is 109 Å². The van der Waals surface area contributed by atoms with E-state index in [0.717, 1.165) is 11.1 Å². The minimum atomic E-state index is -0.366. The van der Waals surface area contributed by atoms with Crippen molar-refractivity contribution >= 4 is 5.78 Å². The number of ketones is 1. The lowest BCUT2D eigenvalue weighted by atomic mass is 9.81. The van der Waals surface area contributed by atoms with Gasteiger partial charge in [-0.15, -0.1) is 0 Å². The highest BCUT2D eigenvalue weighted by Crippen LogP contribution is 2.50. The Labute approximate surface area is 242 Å². The molecule has 0 amide bonds. The number of fused-ring (bicyclic) bond motifs is 6. The minimum Gasteiger partial charge on any atom is -0.372 e. The average Bonchev–Trinajstić information content (AvgIpc) is 3.37. The van der Waals surface area contributed by atoms with Crippen LogP contribution in [-0.2, 0) is 15.6 Å². The molecule has 7 rings (SSSR count). The molecule has 41 heavy (non-hydrogen) atoms. The molecule has 0 spiro atoms. The molecule has 5 aromatic carbocycles. The monoisotopic (exact) mass is 534 g/mol. The highest BCUT2D eigenvalue weighted by Gasteiger charge is 2.37. The minimum absolute atomic E-state index is 0.0195. The number of hydrogen-bond acceptors (Lipinski definition) is 2. The van der Waals surface area contributed by atoms with E-state index in [2.05, 4.69) is 107 Å². The van der Waals surface area contributed by atoms with E-state index in [9.17, 15) is 4.79 Å². The first kappa shape index (κ1) is 25.7. The predicted molar refractivity (Wildman–Crippen MR) is 167 cm³/mol. The van der Waals surface area contributed by atoms with E-state index >= 15 is 0 Å². The van der Waals surface area contributed by atoms with Crippen LogP contribution in [0, 0.1) is 0 Å². The molecule has 2 aliphatic carbocycles.